The topological polar surface area (TPSA) is 58.9 Å². The van der Waals surface area contributed by atoms with Crippen LogP contribution in [0.2, 0.25) is 0 Å². The summed E-state index contributed by atoms with van der Waals surface area (Å²) < 4.78 is 11.3. The maximum Gasteiger partial charge on any atom is 0.488 e. The standard InChI is InChI=1S/C13H21BO4/c1-4-13(17-9-10(2)3)18-12-7-5-11(6-8-12)14(15)16/h5-8,10,13,15-16H,4,9H2,1-3H3. The summed E-state index contributed by atoms with van der Waals surface area (Å²) >= 11 is 0. The monoisotopic (exact) mass is 252 g/mol. The largest absolute Gasteiger partial charge is 0.488 e. The number of rotatable bonds is 7. The molecule has 0 aliphatic heterocycles. The average molecular weight is 252 g/mol. The zero-order chi connectivity index (χ0) is 13.5. The molecule has 0 saturated heterocycles. The Labute approximate surface area is 109 Å². The van der Waals surface area contributed by atoms with Crippen LogP contribution in [-0.4, -0.2) is 30.1 Å². The molecule has 0 amide bonds. The van der Waals surface area contributed by atoms with E-state index in [4.69, 9.17) is 19.5 Å². The van der Waals surface area contributed by atoms with Gasteiger partial charge in [0.15, 0.2) is 6.29 Å². The molecule has 18 heavy (non-hydrogen) atoms. The smallest absolute Gasteiger partial charge is 0.465 e. The normalized spacial score (nSPS) is 12.6. The highest BCUT2D eigenvalue weighted by Gasteiger charge is 2.12. The van der Waals surface area contributed by atoms with Crippen LogP contribution in [0.4, 0.5) is 0 Å². The molecule has 0 saturated carbocycles. The fraction of sp³-hybridized carbons (Fsp3) is 0.538. The van der Waals surface area contributed by atoms with Crippen LogP contribution >= 0.6 is 0 Å². The van der Waals surface area contributed by atoms with Crippen molar-refractivity contribution in [2.45, 2.75) is 33.5 Å². The third kappa shape index (κ3) is 5.08. The number of ether oxygens (including phenoxy) is 2. The van der Waals surface area contributed by atoms with E-state index in [2.05, 4.69) is 13.8 Å². The maximum absolute atomic E-state index is 8.98. The predicted octanol–water partition coefficient (Wildman–Crippen LogP) is 1.15. The maximum atomic E-state index is 8.98. The van der Waals surface area contributed by atoms with E-state index in [1.165, 1.54) is 0 Å². The zero-order valence-electron chi connectivity index (χ0n) is 11.2. The summed E-state index contributed by atoms with van der Waals surface area (Å²) in [5.74, 6) is 1.13. The molecule has 1 rings (SSSR count). The van der Waals surface area contributed by atoms with Crippen LogP contribution < -0.4 is 10.2 Å². The summed E-state index contributed by atoms with van der Waals surface area (Å²) in [6, 6.07) is 6.65. The lowest BCUT2D eigenvalue weighted by molar-refractivity contribution is -0.0899. The minimum Gasteiger partial charge on any atom is -0.465 e. The Hall–Kier alpha value is -1.04. The Bertz CT molecular complexity index is 337. The highest BCUT2D eigenvalue weighted by Crippen LogP contribution is 2.13. The fourth-order valence-corrected chi connectivity index (χ4v) is 1.41. The first-order valence-electron chi connectivity index (χ1n) is 6.27. The molecule has 2 N–H and O–H groups in total. The molecule has 1 aromatic carbocycles. The van der Waals surface area contributed by atoms with Crippen molar-refractivity contribution in [3.63, 3.8) is 0 Å². The van der Waals surface area contributed by atoms with Gasteiger partial charge in [0.25, 0.3) is 0 Å². The Kier molecular flexibility index (Phi) is 6.19. The summed E-state index contributed by atoms with van der Waals surface area (Å²) in [5.41, 5.74) is 0.443. The van der Waals surface area contributed by atoms with Gasteiger partial charge in [0, 0.05) is 6.42 Å². The second-order valence-corrected chi connectivity index (χ2v) is 4.63. The predicted molar refractivity (Wildman–Crippen MR) is 71.8 cm³/mol. The van der Waals surface area contributed by atoms with E-state index in [1.807, 2.05) is 6.92 Å². The summed E-state index contributed by atoms with van der Waals surface area (Å²) in [5, 5.41) is 18.0. The highest BCUT2D eigenvalue weighted by atomic mass is 16.7. The van der Waals surface area contributed by atoms with Gasteiger partial charge in [-0.15, -0.1) is 0 Å². The molecule has 0 bridgehead atoms. The number of hydrogen-bond acceptors (Lipinski definition) is 4. The molecule has 0 aliphatic carbocycles. The van der Waals surface area contributed by atoms with Gasteiger partial charge < -0.3 is 19.5 Å². The van der Waals surface area contributed by atoms with Gasteiger partial charge in [-0.2, -0.15) is 0 Å². The van der Waals surface area contributed by atoms with Crippen molar-refractivity contribution in [3.8, 4) is 5.75 Å². The molecular formula is C13H21BO4. The van der Waals surface area contributed by atoms with Gasteiger partial charge in [-0.1, -0.05) is 32.9 Å². The minimum atomic E-state index is -1.45. The molecule has 0 spiro atoms. The molecule has 0 aliphatic rings. The van der Waals surface area contributed by atoms with E-state index >= 15 is 0 Å². The van der Waals surface area contributed by atoms with Crippen LogP contribution in [0.3, 0.4) is 0 Å². The van der Waals surface area contributed by atoms with E-state index in [1.54, 1.807) is 24.3 Å². The van der Waals surface area contributed by atoms with E-state index < -0.39 is 7.12 Å². The highest BCUT2D eigenvalue weighted by molar-refractivity contribution is 6.58. The van der Waals surface area contributed by atoms with Gasteiger partial charge in [0.2, 0.25) is 0 Å². The molecule has 1 atom stereocenters. The molecule has 1 aromatic rings. The van der Waals surface area contributed by atoms with Crippen molar-refractivity contribution in [3.05, 3.63) is 24.3 Å². The lowest BCUT2D eigenvalue weighted by Crippen LogP contribution is -2.29. The Morgan fingerprint density at radius 3 is 2.22 bits per heavy atom. The van der Waals surface area contributed by atoms with E-state index in [9.17, 15) is 0 Å². The summed E-state index contributed by atoms with van der Waals surface area (Å²) in [7, 11) is -1.45. The Morgan fingerprint density at radius 2 is 1.78 bits per heavy atom. The zero-order valence-corrected chi connectivity index (χ0v) is 11.2. The van der Waals surface area contributed by atoms with Crippen molar-refractivity contribution in [1.29, 1.82) is 0 Å². The van der Waals surface area contributed by atoms with Crippen molar-refractivity contribution < 1.29 is 19.5 Å². The number of hydrogen-bond donors (Lipinski definition) is 2. The molecule has 0 heterocycles. The van der Waals surface area contributed by atoms with Gasteiger partial charge in [0.05, 0.1) is 6.61 Å². The van der Waals surface area contributed by atoms with Crippen molar-refractivity contribution in [1.82, 2.24) is 0 Å². The van der Waals surface area contributed by atoms with E-state index in [-0.39, 0.29) is 6.29 Å². The van der Waals surface area contributed by atoms with Crippen molar-refractivity contribution >= 4 is 12.6 Å². The SMILES string of the molecule is CCC(OCC(C)C)Oc1ccc(B(O)O)cc1. The second-order valence-electron chi connectivity index (χ2n) is 4.63. The molecule has 4 nitrogen and oxygen atoms in total. The third-order valence-electron chi connectivity index (χ3n) is 2.39. The minimum absolute atomic E-state index is 0.266. The first-order chi connectivity index (χ1) is 8.52. The van der Waals surface area contributed by atoms with Crippen molar-refractivity contribution in [2.75, 3.05) is 6.61 Å². The van der Waals surface area contributed by atoms with Crippen LogP contribution in [0.1, 0.15) is 27.2 Å². The van der Waals surface area contributed by atoms with Gasteiger partial charge >= 0.3 is 7.12 Å². The molecule has 0 aromatic heterocycles. The lowest BCUT2D eigenvalue weighted by atomic mass is 9.80. The molecule has 5 heteroatoms. The molecule has 0 fully saturated rings. The Morgan fingerprint density at radius 1 is 1.17 bits per heavy atom. The van der Waals surface area contributed by atoms with Gasteiger partial charge in [-0.05, 0) is 23.5 Å². The summed E-state index contributed by atoms with van der Waals surface area (Å²) in [6.07, 6.45) is 0.495. The van der Waals surface area contributed by atoms with Gasteiger partial charge in [-0.25, -0.2) is 0 Å². The average Bonchev–Trinajstić information content (AvgIpc) is 2.34. The van der Waals surface area contributed by atoms with Crippen LogP contribution in [-0.2, 0) is 4.74 Å². The fourth-order valence-electron chi connectivity index (χ4n) is 1.41. The third-order valence-corrected chi connectivity index (χ3v) is 2.39. The van der Waals surface area contributed by atoms with Gasteiger partial charge in [-0.3, -0.25) is 0 Å². The summed E-state index contributed by atoms with van der Waals surface area (Å²) in [6.45, 7) is 6.83. The number of benzene rings is 1. The van der Waals surface area contributed by atoms with Crippen LogP contribution in [0.25, 0.3) is 0 Å². The summed E-state index contributed by atoms with van der Waals surface area (Å²) in [4.78, 5) is 0. The van der Waals surface area contributed by atoms with Crippen molar-refractivity contribution in [2.24, 2.45) is 5.92 Å². The first kappa shape index (κ1) is 15.0. The molecular weight excluding hydrogens is 231 g/mol. The van der Waals surface area contributed by atoms with Gasteiger partial charge in [0.1, 0.15) is 5.75 Å². The van der Waals surface area contributed by atoms with E-state index in [0.29, 0.717) is 23.7 Å². The second kappa shape index (κ2) is 7.41. The Balaban J connectivity index is 2.53. The quantitative estimate of drug-likeness (QED) is 0.564. The lowest BCUT2D eigenvalue weighted by Gasteiger charge is -2.19. The van der Waals surface area contributed by atoms with Crippen LogP contribution in [0.15, 0.2) is 24.3 Å². The molecule has 0 radical (unpaired) electrons. The molecule has 1 unspecified atom stereocenters. The first-order valence-corrected chi connectivity index (χ1v) is 6.27. The van der Waals surface area contributed by atoms with E-state index in [0.717, 1.165) is 6.42 Å². The molecule has 100 valence electrons. The van der Waals surface area contributed by atoms with Crippen LogP contribution in [0.5, 0.6) is 5.75 Å². The van der Waals surface area contributed by atoms with Crippen LogP contribution in [0, 0.1) is 5.92 Å².